The number of rotatable bonds is 43. The SMILES string of the molecule is CC(C)C[C@H](NC(=O)[C@@H]1CCCN1C(=O)[C@@H](NC(=O)[C@@H]1CCCN1C(=O)[C@H](CCC(=O)O)NC(=O)[C@H](C)NC(=O)[C@H](C)NC(=O)CNC(=O)[C@@H](N)CCCCN)C(C)C)C(=O)N[C@H](C(=O)N[C@@H](CCCCN)C(=O)N[C@@H](CCC(N)=O)C(=O)N[C@@H](CC(=O)O)C(=O)O)C(C)C. The number of carbonyl (C=O) groups excluding carboxylic acids is 13. The first-order chi connectivity index (χ1) is 44.5. The van der Waals surface area contributed by atoms with Crippen LogP contribution in [0.3, 0.4) is 0 Å². The fraction of sp³-hybridized carbons (Fsp3) is 0.733. The molecule has 35 nitrogen and oxygen atoms in total. The fourth-order valence-corrected chi connectivity index (χ4v) is 10.5. The van der Waals surface area contributed by atoms with Gasteiger partial charge >= 0.3 is 17.9 Å². The number of hydrogen-bond donors (Lipinski definition) is 17. The highest BCUT2D eigenvalue weighted by molar-refractivity contribution is 6.00. The van der Waals surface area contributed by atoms with Gasteiger partial charge in [0.05, 0.1) is 19.0 Å². The smallest absolute Gasteiger partial charge is 0.326 e. The molecule has 13 amide bonds. The van der Waals surface area contributed by atoms with Crippen LogP contribution in [0.5, 0.6) is 0 Å². The number of likely N-dealkylation sites (tertiary alicyclic amines) is 2. The Bertz CT molecular complexity index is 2720. The molecule has 2 aliphatic heterocycles. The lowest BCUT2D eigenvalue weighted by molar-refractivity contribution is -0.147. The lowest BCUT2D eigenvalue weighted by Gasteiger charge is -2.33. The number of hydrogen-bond acceptors (Lipinski definition) is 19. The molecule has 2 fully saturated rings. The number of carbonyl (C=O) groups is 16. The van der Waals surface area contributed by atoms with Crippen LogP contribution in [0.25, 0.3) is 0 Å². The summed E-state index contributed by atoms with van der Waals surface area (Å²) in [6.07, 6.45) is 0.145. The van der Waals surface area contributed by atoms with Crippen molar-refractivity contribution in [2.45, 2.75) is 231 Å². The number of carboxylic acids is 3. The van der Waals surface area contributed by atoms with Crippen LogP contribution >= 0.6 is 0 Å². The van der Waals surface area contributed by atoms with Crippen LogP contribution in [0.4, 0.5) is 0 Å². The van der Waals surface area contributed by atoms with Gasteiger partial charge in [-0.2, -0.15) is 0 Å². The number of nitrogens with zero attached hydrogens (tertiary/aromatic N) is 2. The molecular weight excluding hydrogens is 1250 g/mol. The maximum Gasteiger partial charge on any atom is 0.326 e. The average Bonchev–Trinajstić information content (AvgIpc) is 1.78. The second-order valence-corrected chi connectivity index (χ2v) is 25.1. The monoisotopic (exact) mass is 1350 g/mol. The number of nitrogens with one attached hydrogen (secondary N) is 10. The Kier molecular flexibility index (Phi) is 35.8. The van der Waals surface area contributed by atoms with Gasteiger partial charge in [0.25, 0.3) is 0 Å². The zero-order valence-electron chi connectivity index (χ0n) is 55.6. The summed E-state index contributed by atoms with van der Waals surface area (Å²) in [5.41, 5.74) is 22.3. The van der Waals surface area contributed by atoms with Crippen LogP contribution in [0.2, 0.25) is 0 Å². The van der Waals surface area contributed by atoms with E-state index in [4.69, 9.17) is 22.9 Å². The van der Waals surface area contributed by atoms with Crippen molar-refractivity contribution < 1.29 is 92.0 Å². The van der Waals surface area contributed by atoms with Gasteiger partial charge in [0, 0.05) is 25.9 Å². The standard InChI is InChI=1S/C60H102N16O19/c1-30(2)27-39(54(88)73-47(31(3)4)57(91)69-36(16-10-12-24-62)52(86)68-37(19-21-43(64)77)53(87)72-40(60(94)95)28-46(81)82)71-55(89)41-17-14-26-76(41)59(93)48(32(5)6)74-56(90)42-18-13-25-75(42)58(92)38(20-22-45(79)80)70-50(84)34(8)67-49(83)33(7)66-44(78)29-65-51(85)35(63)15-9-11-23-61/h30-42,47-48H,9-29,61-63H2,1-8H3,(H2,64,77)(H,65,85)(H,66,78)(H,67,83)(H,68,86)(H,69,91)(H,70,84)(H,71,89)(H,72,87)(H,73,88)(H,74,90)(H,79,80)(H,81,82)(H,94,95)/t33-,34-,35-,36-,37-,38-,39-,40-,41-,42-,47-,48-/m0/s1. The molecule has 536 valence electrons. The molecule has 0 unspecified atom stereocenters. The van der Waals surface area contributed by atoms with Gasteiger partial charge in [0.15, 0.2) is 0 Å². The summed E-state index contributed by atoms with van der Waals surface area (Å²) in [5, 5.41) is 53.2. The van der Waals surface area contributed by atoms with Crippen molar-refractivity contribution in [3.05, 3.63) is 0 Å². The number of nitrogens with two attached hydrogens (primary N) is 4. The van der Waals surface area contributed by atoms with E-state index in [0.29, 0.717) is 45.1 Å². The molecule has 2 saturated heterocycles. The van der Waals surface area contributed by atoms with E-state index in [1.54, 1.807) is 41.5 Å². The second kappa shape index (κ2) is 41.3. The van der Waals surface area contributed by atoms with Gasteiger partial charge in [0.2, 0.25) is 76.8 Å². The van der Waals surface area contributed by atoms with Crippen molar-refractivity contribution in [2.24, 2.45) is 40.7 Å². The molecule has 0 radical (unpaired) electrons. The molecule has 0 aromatic carbocycles. The van der Waals surface area contributed by atoms with Crippen molar-refractivity contribution in [3.8, 4) is 0 Å². The highest BCUT2D eigenvalue weighted by atomic mass is 16.4. The second-order valence-electron chi connectivity index (χ2n) is 25.1. The van der Waals surface area contributed by atoms with E-state index in [-0.39, 0.29) is 57.7 Å². The van der Waals surface area contributed by atoms with E-state index >= 15 is 0 Å². The van der Waals surface area contributed by atoms with Crippen LogP contribution in [0.1, 0.15) is 158 Å². The van der Waals surface area contributed by atoms with E-state index < -0.39 is 218 Å². The molecule has 0 saturated carbocycles. The molecule has 0 aromatic heterocycles. The average molecular weight is 1350 g/mol. The Morgan fingerprint density at radius 2 is 0.937 bits per heavy atom. The topological polar surface area (TPSA) is 565 Å². The third-order valence-electron chi connectivity index (χ3n) is 15.9. The van der Waals surface area contributed by atoms with Crippen LogP contribution in [0.15, 0.2) is 0 Å². The van der Waals surface area contributed by atoms with Crippen LogP contribution < -0.4 is 76.1 Å². The third-order valence-corrected chi connectivity index (χ3v) is 15.9. The number of carboxylic acid groups (broad SMARTS) is 3. The zero-order chi connectivity index (χ0) is 72.0. The summed E-state index contributed by atoms with van der Waals surface area (Å²) >= 11 is 0. The first kappa shape index (κ1) is 82.5. The molecule has 35 heteroatoms. The molecule has 2 heterocycles. The Hall–Kier alpha value is -8.60. The van der Waals surface area contributed by atoms with Gasteiger partial charge in [-0.15, -0.1) is 0 Å². The summed E-state index contributed by atoms with van der Waals surface area (Å²) in [6, 6.07) is -16.2. The molecule has 0 bridgehead atoms. The minimum atomic E-state index is -1.92. The van der Waals surface area contributed by atoms with Gasteiger partial charge in [-0.1, -0.05) is 48.0 Å². The van der Waals surface area contributed by atoms with Crippen molar-refractivity contribution in [1.82, 2.24) is 63.0 Å². The summed E-state index contributed by atoms with van der Waals surface area (Å²) < 4.78 is 0. The fourth-order valence-electron chi connectivity index (χ4n) is 10.5. The van der Waals surface area contributed by atoms with Crippen LogP contribution in [-0.2, 0) is 76.7 Å². The van der Waals surface area contributed by atoms with Crippen molar-refractivity contribution >= 4 is 94.7 Å². The summed E-state index contributed by atoms with van der Waals surface area (Å²) in [5.74, 6) is -16.8. The Labute approximate surface area is 552 Å². The molecule has 21 N–H and O–H groups in total. The van der Waals surface area contributed by atoms with Crippen LogP contribution in [0, 0.1) is 17.8 Å². The van der Waals surface area contributed by atoms with Gasteiger partial charge in [0.1, 0.15) is 66.5 Å². The first-order valence-corrected chi connectivity index (χ1v) is 32.3. The molecule has 95 heavy (non-hydrogen) atoms. The van der Waals surface area contributed by atoms with Crippen molar-refractivity contribution in [3.63, 3.8) is 0 Å². The van der Waals surface area contributed by atoms with Gasteiger partial charge < -0.3 is 101 Å². The van der Waals surface area contributed by atoms with E-state index in [1.807, 2.05) is 5.32 Å². The van der Waals surface area contributed by atoms with Gasteiger partial charge in [-0.25, -0.2) is 4.79 Å². The van der Waals surface area contributed by atoms with E-state index in [9.17, 15) is 92.0 Å². The lowest BCUT2D eigenvalue weighted by Crippen LogP contribution is -2.61. The van der Waals surface area contributed by atoms with E-state index in [2.05, 4.69) is 47.9 Å². The number of unbranched alkanes of at least 4 members (excludes halogenated alkanes) is 2. The first-order valence-electron chi connectivity index (χ1n) is 32.3. The molecule has 0 aliphatic carbocycles. The minimum Gasteiger partial charge on any atom is -0.481 e. The third kappa shape index (κ3) is 28.5. The van der Waals surface area contributed by atoms with Gasteiger partial charge in [-0.05, 0) is 122 Å². The quantitative estimate of drug-likeness (QED) is 0.0255. The molecule has 2 rings (SSSR count). The number of aliphatic carboxylic acids is 3. The van der Waals surface area contributed by atoms with Crippen molar-refractivity contribution in [2.75, 3.05) is 32.7 Å². The Morgan fingerprint density at radius 1 is 0.463 bits per heavy atom. The molecule has 12 atom stereocenters. The summed E-state index contributed by atoms with van der Waals surface area (Å²) in [4.78, 5) is 214. The predicted molar refractivity (Wildman–Crippen MR) is 339 cm³/mol. The summed E-state index contributed by atoms with van der Waals surface area (Å²) in [7, 11) is 0. The van der Waals surface area contributed by atoms with Crippen LogP contribution in [-0.4, -0.2) is 225 Å². The maximum atomic E-state index is 14.6. The largest absolute Gasteiger partial charge is 0.481 e. The maximum absolute atomic E-state index is 14.6. The van der Waals surface area contributed by atoms with E-state index in [0.717, 1.165) is 0 Å². The molecular formula is C60H102N16O19. The van der Waals surface area contributed by atoms with E-state index in [1.165, 1.54) is 23.6 Å². The van der Waals surface area contributed by atoms with Gasteiger partial charge in [-0.3, -0.25) is 71.9 Å². The zero-order valence-corrected chi connectivity index (χ0v) is 55.6. The highest BCUT2D eigenvalue weighted by Gasteiger charge is 2.44. The predicted octanol–water partition coefficient (Wildman–Crippen LogP) is -4.88. The highest BCUT2D eigenvalue weighted by Crippen LogP contribution is 2.24. The molecule has 0 spiro atoms. The summed E-state index contributed by atoms with van der Waals surface area (Å²) in [6.45, 7) is 12.8. The minimum absolute atomic E-state index is 0.00267. The lowest BCUT2D eigenvalue weighted by atomic mass is 9.98. The number of primary amides is 1. The molecule has 2 aliphatic rings. The normalized spacial score (nSPS) is 17.6. The van der Waals surface area contributed by atoms with Crippen molar-refractivity contribution in [1.29, 1.82) is 0 Å². The molecule has 0 aromatic rings. The Balaban J connectivity index is 2.28. The Morgan fingerprint density at radius 3 is 1.45 bits per heavy atom. The number of amides is 13.